The van der Waals surface area contributed by atoms with Crippen molar-refractivity contribution in [2.75, 3.05) is 0 Å². The van der Waals surface area contributed by atoms with Crippen molar-refractivity contribution in [3.63, 3.8) is 0 Å². The summed E-state index contributed by atoms with van der Waals surface area (Å²) in [6, 6.07) is 10.7. The molecule has 1 aromatic carbocycles. The van der Waals surface area contributed by atoms with Gasteiger partial charge in [-0.25, -0.2) is 0 Å². The normalized spacial score (nSPS) is 17.2. The molecule has 0 aromatic heterocycles. The van der Waals surface area contributed by atoms with Crippen LogP contribution < -0.4 is 5.73 Å². The molecule has 0 heterocycles. The summed E-state index contributed by atoms with van der Waals surface area (Å²) in [5.74, 6) is 0. The molecule has 0 radical (unpaired) electrons. The van der Waals surface area contributed by atoms with E-state index >= 15 is 0 Å². The zero-order valence-corrected chi connectivity index (χ0v) is 12.8. The Morgan fingerprint density at radius 2 is 2.00 bits per heavy atom. The fourth-order valence-corrected chi connectivity index (χ4v) is 2.77. The first-order chi connectivity index (χ1) is 9.49. The van der Waals surface area contributed by atoms with Gasteiger partial charge in [0, 0.05) is 6.04 Å². The van der Waals surface area contributed by atoms with Crippen LogP contribution in [0.25, 0.3) is 5.57 Å². The van der Waals surface area contributed by atoms with Gasteiger partial charge >= 0.3 is 0 Å². The van der Waals surface area contributed by atoms with Gasteiger partial charge in [-0.15, -0.1) is 0 Å². The average molecular weight is 267 g/mol. The van der Waals surface area contributed by atoms with Crippen LogP contribution in [0.1, 0.15) is 39.2 Å². The molecule has 1 aromatic rings. The number of hydrogen-bond donors (Lipinski definition) is 1. The molecule has 0 saturated carbocycles. The Morgan fingerprint density at radius 3 is 2.55 bits per heavy atom. The first-order valence-electron chi connectivity index (χ1n) is 7.37. The van der Waals surface area contributed by atoms with Crippen molar-refractivity contribution in [2.45, 2.75) is 39.7 Å². The van der Waals surface area contributed by atoms with Crippen molar-refractivity contribution in [3.05, 3.63) is 65.8 Å². The molecule has 20 heavy (non-hydrogen) atoms. The topological polar surface area (TPSA) is 26.0 Å². The number of allylic oxidation sites excluding steroid dienone is 5. The first kappa shape index (κ1) is 14.8. The third kappa shape index (κ3) is 3.71. The molecule has 0 saturated heterocycles. The summed E-state index contributed by atoms with van der Waals surface area (Å²) in [6.07, 6.45) is 10.9. The van der Waals surface area contributed by atoms with Gasteiger partial charge < -0.3 is 5.73 Å². The van der Waals surface area contributed by atoms with Crippen LogP contribution in [0.15, 0.2) is 60.2 Å². The molecule has 1 aliphatic rings. The molecule has 0 aliphatic heterocycles. The Hall–Kier alpha value is -1.60. The van der Waals surface area contributed by atoms with Crippen LogP contribution in [-0.2, 0) is 0 Å². The highest BCUT2D eigenvalue weighted by atomic mass is 14.6. The standard InChI is InChI=1S/C19H25N/c1-15(20)13-17(16-9-5-4-6-10-16)14-19(2,3)18-11-7-8-12-18/h4-11,13,15H,12,14,20H2,1-3H3. The van der Waals surface area contributed by atoms with E-state index < -0.39 is 0 Å². The number of nitrogens with two attached hydrogens (primary N) is 1. The number of hydrogen-bond acceptors (Lipinski definition) is 1. The molecule has 1 nitrogen and oxygen atoms in total. The Balaban J connectivity index is 2.25. The van der Waals surface area contributed by atoms with Gasteiger partial charge in [0.1, 0.15) is 0 Å². The van der Waals surface area contributed by atoms with E-state index in [2.05, 4.69) is 68.5 Å². The van der Waals surface area contributed by atoms with Crippen LogP contribution in [0.3, 0.4) is 0 Å². The average Bonchev–Trinajstić information content (AvgIpc) is 2.93. The van der Waals surface area contributed by atoms with E-state index in [-0.39, 0.29) is 11.5 Å². The molecular formula is C19H25N. The largest absolute Gasteiger partial charge is 0.325 e. The molecule has 0 spiro atoms. The summed E-state index contributed by atoms with van der Waals surface area (Å²) < 4.78 is 0. The van der Waals surface area contributed by atoms with Gasteiger partial charge in [0.15, 0.2) is 0 Å². The summed E-state index contributed by atoms with van der Waals surface area (Å²) in [5.41, 5.74) is 10.3. The second kappa shape index (κ2) is 6.23. The van der Waals surface area contributed by atoms with Gasteiger partial charge in [0.2, 0.25) is 0 Å². The van der Waals surface area contributed by atoms with Gasteiger partial charge in [-0.2, -0.15) is 0 Å². The predicted octanol–water partition coefficient (Wildman–Crippen LogP) is 4.72. The van der Waals surface area contributed by atoms with Gasteiger partial charge in [0.05, 0.1) is 0 Å². The second-order valence-electron chi connectivity index (χ2n) is 6.30. The summed E-state index contributed by atoms with van der Waals surface area (Å²) >= 11 is 0. The van der Waals surface area contributed by atoms with Crippen LogP contribution in [0.2, 0.25) is 0 Å². The molecule has 1 aliphatic carbocycles. The Kier molecular flexibility index (Phi) is 4.61. The lowest BCUT2D eigenvalue weighted by Crippen LogP contribution is -2.17. The maximum atomic E-state index is 6.00. The fraction of sp³-hybridized carbons (Fsp3) is 0.368. The predicted molar refractivity (Wildman–Crippen MR) is 88.3 cm³/mol. The third-order valence-corrected chi connectivity index (χ3v) is 3.88. The maximum Gasteiger partial charge on any atom is 0.0200 e. The maximum absolute atomic E-state index is 6.00. The minimum atomic E-state index is 0.0803. The second-order valence-corrected chi connectivity index (χ2v) is 6.30. The molecule has 0 fully saturated rings. The molecule has 0 bridgehead atoms. The molecule has 2 rings (SSSR count). The summed E-state index contributed by atoms with van der Waals surface area (Å²) in [4.78, 5) is 0. The Labute approximate surface area is 122 Å². The van der Waals surface area contributed by atoms with E-state index in [0.29, 0.717) is 0 Å². The van der Waals surface area contributed by atoms with Gasteiger partial charge in [-0.1, -0.05) is 74.1 Å². The van der Waals surface area contributed by atoms with E-state index in [1.165, 1.54) is 16.7 Å². The summed E-state index contributed by atoms with van der Waals surface area (Å²) in [5, 5.41) is 0. The van der Waals surface area contributed by atoms with Crippen molar-refractivity contribution >= 4 is 5.57 Å². The third-order valence-electron chi connectivity index (χ3n) is 3.88. The van der Waals surface area contributed by atoms with Crippen LogP contribution in [0.4, 0.5) is 0 Å². The van der Waals surface area contributed by atoms with Crippen molar-refractivity contribution in [1.82, 2.24) is 0 Å². The highest BCUT2D eigenvalue weighted by molar-refractivity contribution is 5.67. The van der Waals surface area contributed by atoms with Gasteiger partial charge in [0.25, 0.3) is 0 Å². The van der Waals surface area contributed by atoms with E-state index in [1.54, 1.807) is 0 Å². The molecular weight excluding hydrogens is 242 g/mol. The Bertz CT molecular complexity index is 530. The minimum absolute atomic E-state index is 0.0803. The minimum Gasteiger partial charge on any atom is -0.325 e. The smallest absolute Gasteiger partial charge is 0.0200 e. The van der Waals surface area contributed by atoms with Crippen molar-refractivity contribution < 1.29 is 0 Å². The lowest BCUT2D eigenvalue weighted by atomic mass is 9.76. The van der Waals surface area contributed by atoms with Crippen LogP contribution in [0, 0.1) is 5.41 Å². The van der Waals surface area contributed by atoms with Crippen molar-refractivity contribution in [1.29, 1.82) is 0 Å². The number of rotatable bonds is 5. The van der Waals surface area contributed by atoms with Crippen molar-refractivity contribution in [3.8, 4) is 0 Å². The molecule has 106 valence electrons. The highest BCUT2D eigenvalue weighted by Crippen LogP contribution is 2.40. The lowest BCUT2D eigenvalue weighted by Gasteiger charge is -2.28. The van der Waals surface area contributed by atoms with Crippen LogP contribution >= 0.6 is 0 Å². The zero-order valence-electron chi connectivity index (χ0n) is 12.8. The molecule has 1 unspecified atom stereocenters. The fourth-order valence-electron chi connectivity index (χ4n) is 2.77. The van der Waals surface area contributed by atoms with Crippen LogP contribution in [0.5, 0.6) is 0 Å². The van der Waals surface area contributed by atoms with E-state index in [4.69, 9.17) is 5.73 Å². The van der Waals surface area contributed by atoms with E-state index in [0.717, 1.165) is 12.8 Å². The summed E-state index contributed by atoms with van der Waals surface area (Å²) in [6.45, 7) is 6.68. The first-order valence-corrected chi connectivity index (χ1v) is 7.37. The molecule has 1 atom stereocenters. The zero-order chi connectivity index (χ0) is 14.6. The van der Waals surface area contributed by atoms with Crippen molar-refractivity contribution in [2.24, 2.45) is 11.1 Å². The molecule has 2 N–H and O–H groups in total. The van der Waals surface area contributed by atoms with E-state index in [9.17, 15) is 0 Å². The molecule has 1 heteroatoms. The lowest BCUT2D eigenvalue weighted by molar-refractivity contribution is 0.453. The van der Waals surface area contributed by atoms with Crippen LogP contribution in [-0.4, -0.2) is 6.04 Å². The quantitative estimate of drug-likeness (QED) is 0.820. The summed E-state index contributed by atoms with van der Waals surface area (Å²) in [7, 11) is 0. The van der Waals surface area contributed by atoms with E-state index in [1.807, 2.05) is 6.92 Å². The molecule has 0 amide bonds. The van der Waals surface area contributed by atoms with Gasteiger partial charge in [-0.3, -0.25) is 0 Å². The SMILES string of the molecule is CC(N)C=C(CC(C)(C)C1=CC=CC1)c1ccccc1. The number of benzene rings is 1. The highest BCUT2D eigenvalue weighted by Gasteiger charge is 2.25. The monoisotopic (exact) mass is 267 g/mol. The Morgan fingerprint density at radius 1 is 1.30 bits per heavy atom. The van der Waals surface area contributed by atoms with Gasteiger partial charge in [-0.05, 0) is 36.3 Å².